The van der Waals surface area contributed by atoms with E-state index in [-0.39, 0.29) is 5.69 Å². The molecule has 0 aliphatic heterocycles. The van der Waals surface area contributed by atoms with Gasteiger partial charge in [0.05, 0.1) is 15.5 Å². The first-order valence-electron chi connectivity index (χ1n) is 3.35. The maximum absolute atomic E-state index is 10.4. The van der Waals surface area contributed by atoms with Gasteiger partial charge in [0.1, 0.15) is 5.52 Å². The van der Waals surface area contributed by atoms with Gasteiger partial charge in [0.2, 0.25) is 0 Å². The van der Waals surface area contributed by atoms with Crippen molar-refractivity contribution in [2.45, 2.75) is 0 Å². The van der Waals surface area contributed by atoms with Crippen molar-refractivity contribution >= 4 is 32.7 Å². The van der Waals surface area contributed by atoms with E-state index in [2.05, 4.69) is 20.9 Å². The van der Waals surface area contributed by atoms with Crippen molar-refractivity contribution in [2.75, 3.05) is 0 Å². The zero-order chi connectivity index (χ0) is 9.42. The largest absolute Gasteiger partial charge is 0.443 e. The summed E-state index contributed by atoms with van der Waals surface area (Å²) in [6, 6.07) is 2.73. The molecular weight excluding hydrogens is 240 g/mol. The Morgan fingerprint density at radius 1 is 1.54 bits per heavy atom. The lowest BCUT2D eigenvalue weighted by atomic mass is 10.3. The fourth-order valence-corrected chi connectivity index (χ4v) is 1.55. The first kappa shape index (κ1) is 8.18. The summed E-state index contributed by atoms with van der Waals surface area (Å²) in [4.78, 5) is 13.8. The monoisotopic (exact) mass is 242 g/mol. The minimum atomic E-state index is -0.479. The van der Waals surface area contributed by atoms with Crippen LogP contribution in [0.25, 0.3) is 11.1 Å². The predicted molar refractivity (Wildman–Crippen MR) is 48.4 cm³/mol. The Balaban J connectivity index is 2.77. The van der Waals surface area contributed by atoms with Gasteiger partial charge in [0.25, 0.3) is 5.69 Å². The highest BCUT2D eigenvalue weighted by atomic mass is 79.9. The number of rotatable bonds is 1. The number of halogens is 1. The van der Waals surface area contributed by atoms with Gasteiger partial charge in [-0.1, -0.05) is 0 Å². The Hall–Kier alpha value is -1.43. The predicted octanol–water partition coefficient (Wildman–Crippen LogP) is 2.50. The summed E-state index contributed by atoms with van der Waals surface area (Å²) in [6.07, 6.45) is 1.25. The number of non-ortho nitro benzene ring substituents is 1. The van der Waals surface area contributed by atoms with E-state index in [4.69, 9.17) is 4.42 Å². The number of nitro benzene ring substituents is 1. The molecule has 1 aromatic heterocycles. The van der Waals surface area contributed by atoms with E-state index >= 15 is 0 Å². The van der Waals surface area contributed by atoms with Crippen LogP contribution in [0.4, 0.5) is 5.69 Å². The maximum Gasteiger partial charge on any atom is 0.274 e. The number of fused-ring (bicyclic) bond motifs is 1. The Labute approximate surface area is 80.6 Å². The van der Waals surface area contributed by atoms with Crippen LogP contribution in [0.3, 0.4) is 0 Å². The van der Waals surface area contributed by atoms with E-state index < -0.39 is 4.92 Å². The molecule has 66 valence electrons. The highest BCUT2D eigenvalue weighted by molar-refractivity contribution is 9.10. The molecule has 0 unspecified atom stereocenters. The van der Waals surface area contributed by atoms with Gasteiger partial charge in [-0.3, -0.25) is 10.1 Å². The third kappa shape index (κ3) is 1.29. The first-order chi connectivity index (χ1) is 6.18. The number of benzene rings is 1. The van der Waals surface area contributed by atoms with E-state index in [1.807, 2.05) is 0 Å². The third-order valence-electron chi connectivity index (χ3n) is 1.59. The fraction of sp³-hybridized carbons (Fsp3) is 0. The molecule has 1 heterocycles. The number of nitrogens with zero attached hydrogens (tertiary/aromatic N) is 2. The van der Waals surface area contributed by atoms with Crippen LogP contribution >= 0.6 is 15.9 Å². The number of hydrogen-bond donors (Lipinski definition) is 0. The number of hydrogen-bond acceptors (Lipinski definition) is 4. The van der Waals surface area contributed by atoms with Gasteiger partial charge in [0.15, 0.2) is 12.0 Å². The second-order valence-electron chi connectivity index (χ2n) is 2.38. The fourth-order valence-electron chi connectivity index (χ4n) is 1.02. The molecule has 0 saturated carbocycles. The molecule has 2 rings (SSSR count). The lowest BCUT2D eigenvalue weighted by Gasteiger charge is -1.92. The van der Waals surface area contributed by atoms with Crippen molar-refractivity contribution in [3.63, 3.8) is 0 Å². The summed E-state index contributed by atoms with van der Waals surface area (Å²) in [5.41, 5.74) is 0.975. The van der Waals surface area contributed by atoms with E-state index in [0.717, 1.165) is 0 Å². The molecule has 0 amide bonds. The van der Waals surface area contributed by atoms with Crippen LogP contribution in [0.1, 0.15) is 0 Å². The Morgan fingerprint density at radius 2 is 2.31 bits per heavy atom. The van der Waals surface area contributed by atoms with Crippen LogP contribution in [-0.4, -0.2) is 9.91 Å². The quantitative estimate of drug-likeness (QED) is 0.569. The Morgan fingerprint density at radius 3 is 3.00 bits per heavy atom. The molecule has 0 aliphatic carbocycles. The van der Waals surface area contributed by atoms with Crippen molar-refractivity contribution < 1.29 is 9.34 Å². The van der Waals surface area contributed by atoms with E-state index in [0.29, 0.717) is 15.6 Å². The average molecular weight is 243 g/mol. The Bertz CT molecular complexity index is 480. The molecular formula is C7H3BrN2O3. The minimum absolute atomic E-state index is 0.0175. The number of oxazole rings is 1. The SMILES string of the molecule is O=[N+]([O-])c1cc(Br)c2ncoc2c1. The van der Waals surface area contributed by atoms with Gasteiger partial charge in [-0.2, -0.15) is 0 Å². The number of nitro groups is 1. The molecule has 0 atom stereocenters. The topological polar surface area (TPSA) is 69.2 Å². The molecule has 2 aromatic rings. The molecule has 0 fully saturated rings. The molecule has 6 heteroatoms. The summed E-state index contributed by atoms with van der Waals surface area (Å²) < 4.78 is 5.50. The smallest absolute Gasteiger partial charge is 0.274 e. The van der Waals surface area contributed by atoms with Crippen molar-refractivity contribution in [3.05, 3.63) is 33.1 Å². The molecule has 13 heavy (non-hydrogen) atoms. The number of aromatic nitrogens is 1. The van der Waals surface area contributed by atoms with Gasteiger partial charge in [-0.05, 0) is 15.9 Å². The lowest BCUT2D eigenvalue weighted by molar-refractivity contribution is -0.384. The van der Waals surface area contributed by atoms with Crippen LogP contribution < -0.4 is 0 Å². The van der Waals surface area contributed by atoms with E-state index in [9.17, 15) is 10.1 Å². The molecule has 0 radical (unpaired) electrons. The normalized spacial score (nSPS) is 10.5. The average Bonchev–Trinajstić information content (AvgIpc) is 2.51. The van der Waals surface area contributed by atoms with Crippen LogP contribution in [0.5, 0.6) is 0 Å². The molecule has 0 saturated heterocycles. The summed E-state index contributed by atoms with van der Waals surface area (Å²) >= 11 is 3.17. The maximum atomic E-state index is 10.4. The molecule has 0 spiro atoms. The summed E-state index contributed by atoms with van der Waals surface area (Å²) in [6.45, 7) is 0. The van der Waals surface area contributed by atoms with Crippen LogP contribution in [0, 0.1) is 10.1 Å². The first-order valence-corrected chi connectivity index (χ1v) is 4.15. The van der Waals surface area contributed by atoms with Gasteiger partial charge < -0.3 is 4.42 Å². The minimum Gasteiger partial charge on any atom is -0.443 e. The van der Waals surface area contributed by atoms with Gasteiger partial charge in [-0.15, -0.1) is 0 Å². The Kier molecular flexibility index (Phi) is 1.77. The molecule has 0 N–H and O–H groups in total. The van der Waals surface area contributed by atoms with Gasteiger partial charge in [0, 0.05) is 6.07 Å². The van der Waals surface area contributed by atoms with Crippen LogP contribution in [-0.2, 0) is 0 Å². The van der Waals surface area contributed by atoms with Gasteiger partial charge in [-0.25, -0.2) is 4.98 Å². The second-order valence-corrected chi connectivity index (χ2v) is 3.24. The van der Waals surface area contributed by atoms with Crippen molar-refractivity contribution in [3.8, 4) is 0 Å². The molecule has 1 aromatic carbocycles. The van der Waals surface area contributed by atoms with Crippen molar-refractivity contribution in [2.24, 2.45) is 0 Å². The van der Waals surface area contributed by atoms with Crippen LogP contribution in [0.2, 0.25) is 0 Å². The van der Waals surface area contributed by atoms with E-state index in [1.165, 1.54) is 18.5 Å². The van der Waals surface area contributed by atoms with Crippen LogP contribution in [0.15, 0.2) is 27.4 Å². The van der Waals surface area contributed by atoms with E-state index in [1.54, 1.807) is 0 Å². The van der Waals surface area contributed by atoms with Gasteiger partial charge >= 0.3 is 0 Å². The summed E-state index contributed by atoms with van der Waals surface area (Å²) in [5, 5.41) is 10.4. The third-order valence-corrected chi connectivity index (χ3v) is 2.19. The molecule has 0 bridgehead atoms. The highest BCUT2D eigenvalue weighted by Gasteiger charge is 2.12. The van der Waals surface area contributed by atoms with Crippen molar-refractivity contribution in [1.82, 2.24) is 4.98 Å². The highest BCUT2D eigenvalue weighted by Crippen LogP contribution is 2.27. The zero-order valence-electron chi connectivity index (χ0n) is 6.23. The summed E-state index contributed by atoms with van der Waals surface area (Å²) in [7, 11) is 0. The standard InChI is InChI=1S/C7H3BrN2O3/c8-5-1-4(10(11)12)2-6-7(5)9-3-13-6/h1-3H. The summed E-state index contributed by atoms with van der Waals surface area (Å²) in [5.74, 6) is 0. The molecule has 5 nitrogen and oxygen atoms in total. The van der Waals surface area contributed by atoms with Crippen molar-refractivity contribution in [1.29, 1.82) is 0 Å². The second kappa shape index (κ2) is 2.81. The zero-order valence-corrected chi connectivity index (χ0v) is 7.82. The lowest BCUT2D eigenvalue weighted by Crippen LogP contribution is -1.87. The molecule has 0 aliphatic rings.